The van der Waals surface area contributed by atoms with E-state index < -0.39 is 5.82 Å². The summed E-state index contributed by atoms with van der Waals surface area (Å²) in [5.41, 5.74) is 2.25. The fraction of sp³-hybridized carbons (Fsp3) is 0.333. The molecule has 148 valence electrons. The first-order valence-electron chi connectivity index (χ1n) is 9.22. The number of rotatable bonds is 5. The van der Waals surface area contributed by atoms with Crippen LogP contribution >= 0.6 is 11.6 Å². The van der Waals surface area contributed by atoms with Gasteiger partial charge in [0.1, 0.15) is 12.4 Å². The molecule has 3 rings (SSSR count). The van der Waals surface area contributed by atoms with Crippen molar-refractivity contribution in [3.63, 3.8) is 0 Å². The number of piperazine rings is 1. The van der Waals surface area contributed by atoms with Crippen molar-refractivity contribution in [2.24, 2.45) is 0 Å². The summed E-state index contributed by atoms with van der Waals surface area (Å²) in [6.45, 7) is 4.94. The van der Waals surface area contributed by atoms with Crippen molar-refractivity contribution in [3.8, 4) is 0 Å². The molecule has 0 atom stereocenters. The Kier molecular flexibility index (Phi) is 6.65. The van der Waals surface area contributed by atoms with E-state index in [1.165, 1.54) is 23.1 Å². The summed E-state index contributed by atoms with van der Waals surface area (Å²) in [6, 6.07) is 11.6. The van der Waals surface area contributed by atoms with Gasteiger partial charge in [-0.25, -0.2) is 4.39 Å². The molecule has 1 heterocycles. The largest absolute Gasteiger partial charge is 0.339 e. The summed E-state index contributed by atoms with van der Waals surface area (Å²) in [7, 11) is 0. The smallest absolute Gasteiger partial charge is 0.254 e. The van der Waals surface area contributed by atoms with Gasteiger partial charge in [0.2, 0.25) is 5.91 Å². The number of aryl methyl sites for hydroxylation is 1. The topological polar surface area (TPSA) is 52.7 Å². The van der Waals surface area contributed by atoms with Gasteiger partial charge in [-0.2, -0.15) is 0 Å². The number of carbonyl (C=O) groups is 2. The van der Waals surface area contributed by atoms with Gasteiger partial charge in [0.15, 0.2) is 0 Å². The average molecular weight is 404 g/mol. The van der Waals surface area contributed by atoms with Gasteiger partial charge in [0.25, 0.3) is 5.91 Å². The van der Waals surface area contributed by atoms with Crippen LogP contribution in [0, 0.1) is 12.7 Å². The molecule has 0 unspecified atom stereocenters. The zero-order chi connectivity index (χ0) is 20.1. The molecule has 28 heavy (non-hydrogen) atoms. The molecule has 1 saturated heterocycles. The van der Waals surface area contributed by atoms with E-state index in [1.807, 2.05) is 31.2 Å². The van der Waals surface area contributed by atoms with E-state index in [-0.39, 0.29) is 35.5 Å². The summed E-state index contributed by atoms with van der Waals surface area (Å²) in [5.74, 6) is -1.04. The SMILES string of the molecule is Cc1cccc(CN(CC(=O)N2CCNCC2)C(=O)c2ccc(F)c(Cl)c2)c1. The third-order valence-electron chi connectivity index (χ3n) is 4.71. The van der Waals surface area contributed by atoms with Crippen molar-refractivity contribution in [1.29, 1.82) is 0 Å². The Balaban J connectivity index is 1.83. The molecule has 1 fully saturated rings. The maximum atomic E-state index is 13.5. The fourth-order valence-electron chi connectivity index (χ4n) is 3.22. The number of halogens is 2. The Hall–Kier alpha value is -2.44. The van der Waals surface area contributed by atoms with E-state index in [0.717, 1.165) is 24.2 Å². The minimum atomic E-state index is -0.583. The quantitative estimate of drug-likeness (QED) is 0.835. The monoisotopic (exact) mass is 403 g/mol. The molecule has 1 aliphatic heterocycles. The molecule has 0 aromatic heterocycles. The van der Waals surface area contributed by atoms with Crippen LogP contribution in [0.1, 0.15) is 21.5 Å². The Labute approximate surface area is 169 Å². The normalized spacial score (nSPS) is 14.0. The minimum Gasteiger partial charge on any atom is -0.339 e. The van der Waals surface area contributed by atoms with Gasteiger partial charge in [-0.05, 0) is 30.7 Å². The predicted molar refractivity (Wildman–Crippen MR) is 107 cm³/mol. The van der Waals surface area contributed by atoms with Crippen LogP contribution in [0.2, 0.25) is 5.02 Å². The fourth-order valence-corrected chi connectivity index (χ4v) is 3.40. The Morgan fingerprint density at radius 3 is 2.61 bits per heavy atom. The first kappa shape index (κ1) is 20.3. The average Bonchev–Trinajstić information content (AvgIpc) is 2.69. The molecular weight excluding hydrogens is 381 g/mol. The van der Waals surface area contributed by atoms with Crippen LogP contribution in [0.25, 0.3) is 0 Å². The summed E-state index contributed by atoms with van der Waals surface area (Å²) in [6.07, 6.45) is 0. The lowest BCUT2D eigenvalue weighted by Gasteiger charge is -2.30. The number of nitrogens with zero attached hydrogens (tertiary/aromatic N) is 2. The van der Waals surface area contributed by atoms with Crippen molar-refractivity contribution >= 4 is 23.4 Å². The summed E-state index contributed by atoms with van der Waals surface area (Å²) in [5, 5.41) is 3.09. The minimum absolute atomic E-state index is 0.0399. The molecule has 2 amide bonds. The van der Waals surface area contributed by atoms with Crippen molar-refractivity contribution in [2.45, 2.75) is 13.5 Å². The second kappa shape index (κ2) is 9.17. The molecule has 1 N–H and O–H groups in total. The van der Waals surface area contributed by atoms with Crippen LogP contribution in [0.5, 0.6) is 0 Å². The van der Waals surface area contributed by atoms with Crippen LogP contribution in [0.15, 0.2) is 42.5 Å². The van der Waals surface area contributed by atoms with Gasteiger partial charge in [-0.3, -0.25) is 9.59 Å². The van der Waals surface area contributed by atoms with Gasteiger partial charge >= 0.3 is 0 Å². The van der Waals surface area contributed by atoms with E-state index in [4.69, 9.17) is 11.6 Å². The molecular formula is C21H23ClFN3O2. The van der Waals surface area contributed by atoms with Crippen molar-refractivity contribution in [2.75, 3.05) is 32.7 Å². The van der Waals surface area contributed by atoms with Crippen molar-refractivity contribution in [1.82, 2.24) is 15.1 Å². The van der Waals surface area contributed by atoms with E-state index in [2.05, 4.69) is 5.32 Å². The second-order valence-electron chi connectivity index (χ2n) is 6.91. The first-order valence-corrected chi connectivity index (χ1v) is 9.60. The third-order valence-corrected chi connectivity index (χ3v) is 5.00. The predicted octanol–water partition coefficient (Wildman–Crippen LogP) is 2.86. The van der Waals surface area contributed by atoms with Crippen LogP contribution in [0.3, 0.4) is 0 Å². The number of amides is 2. The standard InChI is InChI=1S/C21H23ClFN3O2/c1-15-3-2-4-16(11-15)13-26(14-20(27)25-9-7-24-8-10-25)21(28)17-5-6-19(23)18(22)12-17/h2-6,11-12,24H,7-10,13-14H2,1H3. The molecule has 1 aliphatic rings. The lowest BCUT2D eigenvalue weighted by molar-refractivity contribution is -0.132. The van der Waals surface area contributed by atoms with Crippen LogP contribution in [0.4, 0.5) is 4.39 Å². The number of carbonyl (C=O) groups excluding carboxylic acids is 2. The van der Waals surface area contributed by atoms with E-state index in [0.29, 0.717) is 13.1 Å². The number of benzene rings is 2. The Morgan fingerprint density at radius 1 is 1.18 bits per heavy atom. The molecule has 0 saturated carbocycles. The highest BCUT2D eigenvalue weighted by Gasteiger charge is 2.24. The van der Waals surface area contributed by atoms with E-state index in [1.54, 1.807) is 4.90 Å². The van der Waals surface area contributed by atoms with Gasteiger partial charge in [0.05, 0.1) is 5.02 Å². The van der Waals surface area contributed by atoms with Gasteiger partial charge in [0, 0.05) is 38.3 Å². The summed E-state index contributed by atoms with van der Waals surface area (Å²) >= 11 is 5.84. The van der Waals surface area contributed by atoms with Crippen LogP contribution in [-0.2, 0) is 11.3 Å². The zero-order valence-corrected chi connectivity index (χ0v) is 16.5. The molecule has 2 aromatic rings. The highest BCUT2D eigenvalue weighted by atomic mass is 35.5. The molecule has 0 bridgehead atoms. The highest BCUT2D eigenvalue weighted by molar-refractivity contribution is 6.31. The van der Waals surface area contributed by atoms with Gasteiger partial charge in [-0.15, -0.1) is 0 Å². The molecule has 5 nitrogen and oxygen atoms in total. The molecule has 0 radical (unpaired) electrons. The number of hydrogen-bond acceptors (Lipinski definition) is 3. The van der Waals surface area contributed by atoms with Crippen LogP contribution in [-0.4, -0.2) is 54.3 Å². The van der Waals surface area contributed by atoms with Gasteiger partial charge in [-0.1, -0.05) is 41.4 Å². The summed E-state index contributed by atoms with van der Waals surface area (Å²) in [4.78, 5) is 29.1. The lowest BCUT2D eigenvalue weighted by atomic mass is 10.1. The number of hydrogen-bond donors (Lipinski definition) is 1. The zero-order valence-electron chi connectivity index (χ0n) is 15.8. The summed E-state index contributed by atoms with van der Waals surface area (Å²) < 4.78 is 13.5. The van der Waals surface area contributed by atoms with Gasteiger partial charge < -0.3 is 15.1 Å². The van der Waals surface area contributed by atoms with Crippen molar-refractivity contribution < 1.29 is 14.0 Å². The van der Waals surface area contributed by atoms with E-state index >= 15 is 0 Å². The third kappa shape index (κ3) is 5.09. The first-order chi connectivity index (χ1) is 13.4. The van der Waals surface area contributed by atoms with Crippen LogP contribution < -0.4 is 5.32 Å². The maximum Gasteiger partial charge on any atom is 0.254 e. The molecule has 0 spiro atoms. The second-order valence-corrected chi connectivity index (χ2v) is 7.32. The molecule has 0 aliphatic carbocycles. The number of nitrogens with one attached hydrogen (secondary N) is 1. The Bertz CT molecular complexity index is 868. The molecule has 7 heteroatoms. The maximum absolute atomic E-state index is 13.5. The lowest BCUT2D eigenvalue weighted by Crippen LogP contribution is -2.50. The molecule has 2 aromatic carbocycles. The van der Waals surface area contributed by atoms with E-state index in [9.17, 15) is 14.0 Å². The van der Waals surface area contributed by atoms with Crippen molar-refractivity contribution in [3.05, 3.63) is 70.0 Å². The Morgan fingerprint density at radius 2 is 1.93 bits per heavy atom. The highest BCUT2D eigenvalue weighted by Crippen LogP contribution is 2.19.